The molecule has 0 aromatic carbocycles. The highest BCUT2D eigenvalue weighted by Gasteiger charge is 2.43. The topological polar surface area (TPSA) is 69.6 Å². The molecule has 0 saturated carbocycles. The third-order valence-electron chi connectivity index (χ3n) is 3.75. The van der Waals surface area contributed by atoms with Crippen molar-refractivity contribution in [1.29, 1.82) is 0 Å². The van der Waals surface area contributed by atoms with E-state index >= 15 is 0 Å². The zero-order valence-corrected chi connectivity index (χ0v) is 12.5. The molecule has 110 valence electrons. The van der Waals surface area contributed by atoms with E-state index in [0.29, 0.717) is 19.5 Å². The molecule has 1 unspecified atom stereocenters. The van der Waals surface area contributed by atoms with E-state index in [9.17, 15) is 14.7 Å². The fourth-order valence-electron chi connectivity index (χ4n) is 2.31. The molecule has 0 bridgehead atoms. The molecule has 19 heavy (non-hydrogen) atoms. The number of carbonyl (C=O) groups is 2. The maximum Gasteiger partial charge on any atom is 0.329 e. The van der Waals surface area contributed by atoms with Gasteiger partial charge in [-0.15, -0.1) is 0 Å². The van der Waals surface area contributed by atoms with E-state index in [-0.39, 0.29) is 11.4 Å². The molecular formula is C14H26N2O3. The number of likely N-dealkylation sites (tertiary alicyclic amines) is 1. The molecular weight excluding hydrogens is 244 g/mol. The van der Waals surface area contributed by atoms with Crippen molar-refractivity contribution in [3.8, 4) is 0 Å². The maximum absolute atomic E-state index is 12.2. The molecule has 1 fully saturated rings. The number of nitrogens with zero attached hydrogens (tertiary/aromatic N) is 1. The van der Waals surface area contributed by atoms with Gasteiger partial charge in [-0.2, -0.15) is 0 Å². The number of hydrogen-bond donors (Lipinski definition) is 2. The molecule has 0 aliphatic carbocycles. The first-order valence-corrected chi connectivity index (χ1v) is 6.96. The lowest BCUT2D eigenvalue weighted by Gasteiger charge is -2.41. The Morgan fingerprint density at radius 1 is 1.32 bits per heavy atom. The lowest BCUT2D eigenvalue weighted by atomic mass is 9.89. The summed E-state index contributed by atoms with van der Waals surface area (Å²) in [6, 6.07) is -0.256. The summed E-state index contributed by atoms with van der Waals surface area (Å²) >= 11 is 0. The van der Waals surface area contributed by atoms with Crippen LogP contribution in [0, 0.1) is 5.41 Å². The van der Waals surface area contributed by atoms with E-state index in [1.807, 2.05) is 0 Å². The Hall–Kier alpha value is -1.26. The molecule has 5 heteroatoms. The Morgan fingerprint density at radius 3 is 2.47 bits per heavy atom. The van der Waals surface area contributed by atoms with Crippen molar-refractivity contribution in [3.63, 3.8) is 0 Å². The number of amides is 2. The number of rotatable bonds is 3. The molecule has 1 saturated heterocycles. The van der Waals surface area contributed by atoms with Crippen LogP contribution in [0.3, 0.4) is 0 Å². The van der Waals surface area contributed by atoms with Crippen molar-refractivity contribution in [2.45, 2.75) is 58.9 Å². The minimum absolute atomic E-state index is 0.158. The SMILES string of the molecule is CC(C)(C)CCNC(=O)N1CCCCC1(C)C(=O)O. The Balaban J connectivity index is 2.61. The van der Waals surface area contributed by atoms with Crippen LogP contribution in [-0.2, 0) is 4.79 Å². The fourth-order valence-corrected chi connectivity index (χ4v) is 2.31. The second-order valence-corrected chi connectivity index (χ2v) is 6.73. The molecule has 1 rings (SSSR count). The number of carboxylic acids is 1. The summed E-state index contributed by atoms with van der Waals surface area (Å²) in [5.74, 6) is -0.918. The van der Waals surface area contributed by atoms with Gasteiger partial charge in [0.25, 0.3) is 0 Å². The number of urea groups is 1. The largest absolute Gasteiger partial charge is 0.480 e. The zero-order valence-electron chi connectivity index (χ0n) is 12.5. The average Bonchev–Trinajstić information content (AvgIpc) is 2.27. The summed E-state index contributed by atoms with van der Waals surface area (Å²) in [4.78, 5) is 25.0. The number of hydrogen-bond acceptors (Lipinski definition) is 2. The zero-order chi connectivity index (χ0) is 14.7. The van der Waals surface area contributed by atoms with Crippen LogP contribution < -0.4 is 5.32 Å². The van der Waals surface area contributed by atoms with Crippen LogP contribution in [0.25, 0.3) is 0 Å². The van der Waals surface area contributed by atoms with Crippen molar-refractivity contribution in [1.82, 2.24) is 10.2 Å². The Bertz CT molecular complexity index is 349. The summed E-state index contributed by atoms with van der Waals surface area (Å²) < 4.78 is 0. The van der Waals surface area contributed by atoms with Gasteiger partial charge in [-0.25, -0.2) is 9.59 Å². The monoisotopic (exact) mass is 270 g/mol. The minimum Gasteiger partial charge on any atom is -0.480 e. The first kappa shape index (κ1) is 15.8. The highest BCUT2D eigenvalue weighted by Crippen LogP contribution is 2.28. The summed E-state index contributed by atoms with van der Waals surface area (Å²) in [7, 11) is 0. The highest BCUT2D eigenvalue weighted by molar-refractivity contribution is 5.86. The van der Waals surface area contributed by atoms with Crippen LogP contribution in [0.4, 0.5) is 4.79 Å². The van der Waals surface area contributed by atoms with Gasteiger partial charge in [-0.05, 0) is 38.0 Å². The molecule has 0 radical (unpaired) electrons. The second kappa shape index (κ2) is 5.80. The van der Waals surface area contributed by atoms with Crippen LogP contribution >= 0.6 is 0 Å². The van der Waals surface area contributed by atoms with Gasteiger partial charge in [0.05, 0.1) is 0 Å². The van der Waals surface area contributed by atoms with Gasteiger partial charge in [0, 0.05) is 13.1 Å². The van der Waals surface area contributed by atoms with Gasteiger partial charge in [-0.1, -0.05) is 20.8 Å². The van der Waals surface area contributed by atoms with E-state index < -0.39 is 11.5 Å². The van der Waals surface area contributed by atoms with Crippen molar-refractivity contribution in [2.24, 2.45) is 5.41 Å². The van der Waals surface area contributed by atoms with Gasteiger partial charge < -0.3 is 15.3 Å². The van der Waals surface area contributed by atoms with Crippen LogP contribution in [0.15, 0.2) is 0 Å². The van der Waals surface area contributed by atoms with E-state index in [2.05, 4.69) is 26.1 Å². The predicted molar refractivity (Wildman–Crippen MR) is 74.1 cm³/mol. The van der Waals surface area contributed by atoms with Crippen LogP contribution in [0.2, 0.25) is 0 Å². The molecule has 2 amide bonds. The van der Waals surface area contributed by atoms with Gasteiger partial charge in [0.2, 0.25) is 0 Å². The minimum atomic E-state index is -1.07. The highest BCUT2D eigenvalue weighted by atomic mass is 16.4. The van der Waals surface area contributed by atoms with Crippen LogP contribution in [0.5, 0.6) is 0 Å². The molecule has 0 aromatic rings. The third kappa shape index (κ3) is 4.11. The quantitative estimate of drug-likeness (QED) is 0.827. The van der Waals surface area contributed by atoms with Crippen LogP contribution in [-0.4, -0.2) is 40.6 Å². The number of carboxylic acid groups (broad SMARTS) is 1. The summed E-state index contributed by atoms with van der Waals surface area (Å²) in [6.07, 6.45) is 3.12. The number of piperidine rings is 1. The molecule has 1 heterocycles. The standard InChI is InChI=1S/C14H26N2O3/c1-13(2,3)8-9-15-12(19)16-10-6-5-7-14(16,4)11(17)18/h5-10H2,1-4H3,(H,15,19)(H,17,18). The molecule has 2 N–H and O–H groups in total. The second-order valence-electron chi connectivity index (χ2n) is 6.73. The van der Waals surface area contributed by atoms with E-state index in [0.717, 1.165) is 19.3 Å². The van der Waals surface area contributed by atoms with Crippen molar-refractivity contribution in [2.75, 3.05) is 13.1 Å². The molecule has 1 aliphatic heterocycles. The number of aliphatic carboxylic acids is 1. The smallest absolute Gasteiger partial charge is 0.329 e. The summed E-state index contributed by atoms with van der Waals surface area (Å²) in [6.45, 7) is 9.07. The Kier molecular flexibility index (Phi) is 4.82. The summed E-state index contributed by atoms with van der Waals surface area (Å²) in [5.41, 5.74) is -0.907. The molecule has 1 atom stereocenters. The van der Waals surface area contributed by atoms with E-state index in [1.165, 1.54) is 4.90 Å². The Labute approximate surface area is 115 Å². The van der Waals surface area contributed by atoms with Gasteiger partial charge in [-0.3, -0.25) is 0 Å². The van der Waals surface area contributed by atoms with E-state index in [4.69, 9.17) is 0 Å². The predicted octanol–water partition coefficient (Wildman–Crippen LogP) is 2.46. The number of nitrogens with one attached hydrogen (secondary N) is 1. The lowest BCUT2D eigenvalue weighted by Crippen LogP contribution is -2.60. The fraction of sp³-hybridized carbons (Fsp3) is 0.857. The van der Waals surface area contributed by atoms with Crippen molar-refractivity contribution in [3.05, 3.63) is 0 Å². The third-order valence-corrected chi connectivity index (χ3v) is 3.75. The Morgan fingerprint density at radius 2 is 1.95 bits per heavy atom. The first-order valence-electron chi connectivity index (χ1n) is 6.96. The normalized spacial score (nSPS) is 24.1. The van der Waals surface area contributed by atoms with Gasteiger partial charge in [0.1, 0.15) is 5.54 Å². The molecule has 0 spiro atoms. The molecule has 0 aromatic heterocycles. The average molecular weight is 270 g/mol. The molecule has 5 nitrogen and oxygen atoms in total. The number of carbonyl (C=O) groups excluding carboxylic acids is 1. The van der Waals surface area contributed by atoms with Crippen molar-refractivity contribution >= 4 is 12.0 Å². The van der Waals surface area contributed by atoms with Gasteiger partial charge >= 0.3 is 12.0 Å². The lowest BCUT2D eigenvalue weighted by molar-refractivity contribution is -0.150. The molecule has 1 aliphatic rings. The van der Waals surface area contributed by atoms with E-state index in [1.54, 1.807) is 6.92 Å². The maximum atomic E-state index is 12.2. The summed E-state index contributed by atoms with van der Waals surface area (Å²) in [5, 5.41) is 12.2. The first-order chi connectivity index (χ1) is 8.67. The van der Waals surface area contributed by atoms with Gasteiger partial charge in [0.15, 0.2) is 0 Å². The van der Waals surface area contributed by atoms with Crippen molar-refractivity contribution < 1.29 is 14.7 Å². The van der Waals surface area contributed by atoms with Crippen LogP contribution in [0.1, 0.15) is 53.4 Å².